The fraction of sp³-hybridized carbons (Fsp3) is 0.0476. The first-order chi connectivity index (χ1) is 10.8. The number of aryl methyl sites for hydroxylation is 1. The molecule has 1 heteroatoms. The summed E-state index contributed by atoms with van der Waals surface area (Å²) >= 11 is 0. The molecule has 0 nitrogen and oxygen atoms in total. The molecule has 0 amide bonds. The van der Waals surface area contributed by atoms with Gasteiger partial charge in [-0.1, -0.05) is 60.7 Å². The van der Waals surface area contributed by atoms with Gasteiger partial charge in [-0.15, -0.1) is 7.53 Å². The molecule has 0 aliphatic carbocycles. The van der Waals surface area contributed by atoms with Gasteiger partial charge in [-0.05, 0) is 40.3 Å². The molecule has 0 atom stereocenters. The maximum Gasteiger partial charge on any atom is 0.00278 e. The number of hydrogen-bond donors (Lipinski definition) is 0. The smallest absolute Gasteiger partial charge is 0.00278 e. The van der Waals surface area contributed by atoms with Crippen molar-refractivity contribution in [2.45, 2.75) is 0 Å². The highest BCUT2D eigenvalue weighted by Crippen LogP contribution is 2.50. The van der Waals surface area contributed by atoms with E-state index >= 15 is 0 Å². The minimum Gasteiger partial charge on any atom is -0.112 e. The Hall–Kier alpha value is -2.30. The van der Waals surface area contributed by atoms with Gasteiger partial charge in [0.2, 0.25) is 0 Å². The van der Waals surface area contributed by atoms with E-state index in [4.69, 9.17) is 0 Å². The van der Waals surface area contributed by atoms with Crippen molar-refractivity contribution in [3.05, 3.63) is 72.8 Å². The molecule has 0 N–H and O–H groups in total. The van der Waals surface area contributed by atoms with Crippen molar-refractivity contribution in [3.8, 4) is 0 Å². The second kappa shape index (κ2) is 4.35. The monoisotopic (exact) mass is 298 g/mol. The van der Waals surface area contributed by atoms with Crippen LogP contribution in [0.1, 0.15) is 0 Å². The highest BCUT2D eigenvalue weighted by atomic mass is 31.1. The minimum atomic E-state index is -0.243. The average molecular weight is 298 g/mol. The van der Waals surface area contributed by atoms with Gasteiger partial charge in [-0.2, -0.15) is 0 Å². The van der Waals surface area contributed by atoms with E-state index < -0.39 is 0 Å². The largest absolute Gasteiger partial charge is 0.112 e. The lowest BCUT2D eigenvalue weighted by atomic mass is 10.00. The molecule has 0 fully saturated rings. The van der Waals surface area contributed by atoms with Crippen LogP contribution in [0.4, 0.5) is 0 Å². The van der Waals surface area contributed by atoms with Crippen LogP contribution in [-0.2, 0) is 6.66 Å². The lowest BCUT2D eigenvalue weighted by Crippen LogP contribution is -1.76. The summed E-state index contributed by atoms with van der Waals surface area (Å²) in [5.74, 6) is 0. The van der Waals surface area contributed by atoms with Crippen LogP contribution in [0.15, 0.2) is 72.8 Å². The van der Waals surface area contributed by atoms with Crippen molar-refractivity contribution in [3.63, 3.8) is 0 Å². The SMILES string of the molecule is Cp1c2ccc3ccccc3c2c2c3ccccc3ccc21. The van der Waals surface area contributed by atoms with Crippen LogP contribution < -0.4 is 0 Å². The molecule has 22 heavy (non-hydrogen) atoms. The molecule has 1 aromatic heterocycles. The Morgan fingerprint density at radius 2 is 1.00 bits per heavy atom. The number of benzene rings is 4. The molecule has 1 heterocycles. The van der Waals surface area contributed by atoms with Crippen LogP contribution in [-0.4, -0.2) is 0 Å². The van der Waals surface area contributed by atoms with E-state index in [-0.39, 0.29) is 7.53 Å². The van der Waals surface area contributed by atoms with Crippen LogP contribution in [0.25, 0.3) is 42.6 Å². The molecule has 0 saturated heterocycles. The first kappa shape index (κ1) is 12.3. The van der Waals surface area contributed by atoms with E-state index in [0.29, 0.717) is 0 Å². The fourth-order valence-corrected chi connectivity index (χ4v) is 5.73. The maximum absolute atomic E-state index is 2.39. The number of hydrogen-bond acceptors (Lipinski definition) is 0. The quantitative estimate of drug-likeness (QED) is 0.294. The zero-order chi connectivity index (χ0) is 14.7. The Kier molecular flexibility index (Phi) is 2.42. The van der Waals surface area contributed by atoms with Crippen molar-refractivity contribution in [1.82, 2.24) is 0 Å². The van der Waals surface area contributed by atoms with Crippen molar-refractivity contribution in [1.29, 1.82) is 0 Å². The minimum absolute atomic E-state index is 0.243. The normalized spacial score (nSPS) is 11.9. The molecule has 5 aromatic rings. The van der Waals surface area contributed by atoms with Gasteiger partial charge in [-0.25, -0.2) is 0 Å². The van der Waals surface area contributed by atoms with Crippen LogP contribution in [0, 0.1) is 0 Å². The topological polar surface area (TPSA) is 0 Å². The molecule has 0 radical (unpaired) electrons. The molecule has 0 bridgehead atoms. The number of fused-ring (bicyclic) bond motifs is 7. The van der Waals surface area contributed by atoms with E-state index in [1.807, 2.05) is 0 Å². The van der Waals surface area contributed by atoms with Crippen molar-refractivity contribution < 1.29 is 0 Å². The Morgan fingerprint density at radius 3 is 1.50 bits per heavy atom. The first-order valence-corrected chi connectivity index (χ1v) is 9.41. The highest BCUT2D eigenvalue weighted by Gasteiger charge is 2.13. The lowest BCUT2D eigenvalue weighted by Gasteiger charge is -2.03. The van der Waals surface area contributed by atoms with Crippen molar-refractivity contribution in [2.24, 2.45) is 6.66 Å². The summed E-state index contributed by atoms with van der Waals surface area (Å²) in [7, 11) is -0.243. The fourth-order valence-electron chi connectivity index (χ4n) is 3.73. The maximum atomic E-state index is 2.39. The Morgan fingerprint density at radius 1 is 0.545 bits per heavy atom. The zero-order valence-electron chi connectivity index (χ0n) is 12.4. The molecule has 0 aliphatic rings. The molecule has 0 spiro atoms. The Bertz CT molecular complexity index is 1090. The third kappa shape index (κ3) is 1.48. The molecular weight excluding hydrogens is 283 g/mol. The molecule has 104 valence electrons. The van der Waals surface area contributed by atoms with Gasteiger partial charge in [0.1, 0.15) is 0 Å². The van der Waals surface area contributed by atoms with Crippen molar-refractivity contribution >= 4 is 50.1 Å². The van der Waals surface area contributed by atoms with E-state index in [1.54, 1.807) is 0 Å². The lowest BCUT2D eigenvalue weighted by molar-refractivity contribution is 1.81. The van der Waals surface area contributed by atoms with Gasteiger partial charge in [0, 0.05) is 21.0 Å². The average Bonchev–Trinajstić information content (AvgIpc) is 2.88. The molecule has 0 unspecified atom stereocenters. The Labute approximate surface area is 130 Å². The van der Waals surface area contributed by atoms with Gasteiger partial charge in [0.25, 0.3) is 0 Å². The Balaban J connectivity index is 2.21. The van der Waals surface area contributed by atoms with Gasteiger partial charge < -0.3 is 0 Å². The van der Waals surface area contributed by atoms with Crippen LogP contribution in [0.3, 0.4) is 0 Å². The van der Waals surface area contributed by atoms with Crippen LogP contribution in [0.2, 0.25) is 0 Å². The zero-order valence-corrected chi connectivity index (χ0v) is 13.3. The van der Waals surface area contributed by atoms with Gasteiger partial charge in [0.15, 0.2) is 0 Å². The summed E-state index contributed by atoms with van der Waals surface area (Å²) in [4.78, 5) is 0. The standard InChI is InChI=1S/C21H15P/c1-22-18-12-10-14-6-2-4-8-16(14)20(18)21-17-9-5-3-7-15(17)11-13-19(21)22/h2-13H,1H3. The van der Waals surface area contributed by atoms with Gasteiger partial charge in [-0.3, -0.25) is 0 Å². The van der Waals surface area contributed by atoms with Crippen LogP contribution >= 0.6 is 7.53 Å². The summed E-state index contributed by atoms with van der Waals surface area (Å²) in [5, 5.41) is 11.5. The molecule has 0 aliphatic heterocycles. The van der Waals surface area contributed by atoms with E-state index in [2.05, 4.69) is 79.5 Å². The second-order valence-corrected chi connectivity index (χ2v) is 8.00. The van der Waals surface area contributed by atoms with Crippen LogP contribution in [0.5, 0.6) is 0 Å². The van der Waals surface area contributed by atoms with E-state index in [1.165, 1.54) is 42.6 Å². The molecule has 5 rings (SSSR count). The summed E-state index contributed by atoms with van der Waals surface area (Å²) in [5.41, 5.74) is 0. The van der Waals surface area contributed by atoms with Gasteiger partial charge >= 0.3 is 0 Å². The van der Waals surface area contributed by atoms with E-state index in [0.717, 1.165) is 0 Å². The predicted molar refractivity (Wildman–Crippen MR) is 100 cm³/mol. The summed E-state index contributed by atoms with van der Waals surface area (Å²) < 4.78 is 0. The molecule has 0 saturated carbocycles. The molecule has 4 aromatic carbocycles. The second-order valence-electron chi connectivity index (χ2n) is 5.92. The van der Waals surface area contributed by atoms with Crippen molar-refractivity contribution in [2.75, 3.05) is 0 Å². The number of rotatable bonds is 0. The predicted octanol–water partition coefficient (Wildman–Crippen LogP) is 6.82. The van der Waals surface area contributed by atoms with E-state index in [9.17, 15) is 0 Å². The molecular formula is C21H15P. The van der Waals surface area contributed by atoms with Gasteiger partial charge in [0.05, 0.1) is 0 Å². The summed E-state index contributed by atoms with van der Waals surface area (Å²) in [6.45, 7) is 2.39. The first-order valence-electron chi connectivity index (χ1n) is 7.62. The summed E-state index contributed by atoms with van der Waals surface area (Å²) in [6.07, 6.45) is 0. The summed E-state index contributed by atoms with van der Waals surface area (Å²) in [6, 6.07) is 26.8. The third-order valence-electron chi connectivity index (χ3n) is 4.79. The third-order valence-corrected chi connectivity index (χ3v) is 6.98. The highest BCUT2D eigenvalue weighted by molar-refractivity contribution is 7.59.